The molecular weight excluding hydrogens is 224 g/mol. The summed E-state index contributed by atoms with van der Waals surface area (Å²) >= 11 is 6.84. The molecule has 0 aliphatic heterocycles. The number of anilines is 1. The molecule has 1 aromatic rings. The summed E-state index contributed by atoms with van der Waals surface area (Å²) in [5, 5.41) is 3.35. The Morgan fingerprint density at radius 1 is 1.47 bits per heavy atom. The summed E-state index contributed by atoms with van der Waals surface area (Å²) in [6.45, 7) is 0.959. The van der Waals surface area contributed by atoms with Crippen LogP contribution in [0.25, 0.3) is 0 Å². The lowest BCUT2D eigenvalue weighted by Gasteiger charge is -2.10. The third-order valence-electron chi connectivity index (χ3n) is 2.03. The van der Waals surface area contributed by atoms with Crippen molar-refractivity contribution in [3.63, 3.8) is 0 Å². The Kier molecular flexibility index (Phi) is 5.50. The average molecular weight is 240 g/mol. The summed E-state index contributed by atoms with van der Waals surface area (Å²) in [5.41, 5.74) is 7.59. The van der Waals surface area contributed by atoms with Crippen molar-refractivity contribution in [2.75, 3.05) is 23.9 Å². The highest BCUT2D eigenvalue weighted by Gasteiger charge is 2.02. The zero-order valence-corrected chi connectivity index (χ0v) is 10.5. The molecule has 1 rings (SSSR count). The van der Waals surface area contributed by atoms with Crippen molar-refractivity contribution < 1.29 is 0 Å². The van der Waals surface area contributed by atoms with E-state index >= 15 is 0 Å². The van der Waals surface area contributed by atoms with Crippen molar-refractivity contribution in [2.45, 2.75) is 6.42 Å². The average Bonchev–Trinajstić information content (AvgIpc) is 2.25. The van der Waals surface area contributed by atoms with Crippen LogP contribution in [0.4, 0.5) is 5.69 Å². The molecular formula is C11H16N2S2. The number of hydrogen-bond acceptors (Lipinski definition) is 3. The van der Waals surface area contributed by atoms with Crippen LogP contribution in [0.5, 0.6) is 0 Å². The Labute approximate surface area is 101 Å². The van der Waals surface area contributed by atoms with E-state index in [0.717, 1.165) is 24.2 Å². The summed E-state index contributed by atoms with van der Waals surface area (Å²) in [7, 11) is 0. The van der Waals surface area contributed by atoms with Crippen LogP contribution in [-0.2, 0) is 0 Å². The SMILES string of the molecule is CSCCCNc1ccccc1C(N)=S. The van der Waals surface area contributed by atoms with Crippen molar-refractivity contribution in [3.05, 3.63) is 29.8 Å². The smallest absolute Gasteiger partial charge is 0.106 e. The maximum absolute atomic E-state index is 5.63. The number of nitrogens with two attached hydrogens (primary N) is 1. The molecule has 0 radical (unpaired) electrons. The van der Waals surface area contributed by atoms with Crippen LogP contribution in [0.15, 0.2) is 24.3 Å². The molecule has 3 N–H and O–H groups in total. The van der Waals surface area contributed by atoms with Gasteiger partial charge in [-0.1, -0.05) is 24.4 Å². The third-order valence-corrected chi connectivity index (χ3v) is 2.95. The van der Waals surface area contributed by atoms with Crippen LogP contribution < -0.4 is 11.1 Å². The lowest BCUT2D eigenvalue weighted by molar-refractivity contribution is 0.993. The standard InChI is InChI=1S/C11H16N2S2/c1-15-8-4-7-13-10-6-3-2-5-9(10)11(12)14/h2-3,5-6,13H,4,7-8H2,1H3,(H2,12,14). The molecule has 0 aliphatic rings. The summed E-state index contributed by atoms with van der Waals surface area (Å²) in [6.07, 6.45) is 3.26. The van der Waals surface area contributed by atoms with Crippen molar-refractivity contribution in [1.82, 2.24) is 0 Å². The fourth-order valence-electron chi connectivity index (χ4n) is 1.29. The van der Waals surface area contributed by atoms with E-state index < -0.39 is 0 Å². The molecule has 2 nitrogen and oxygen atoms in total. The molecule has 0 aromatic heterocycles. The molecule has 4 heteroatoms. The highest BCUT2D eigenvalue weighted by atomic mass is 32.2. The second-order valence-electron chi connectivity index (χ2n) is 3.18. The first kappa shape index (κ1) is 12.3. The fraction of sp³-hybridized carbons (Fsp3) is 0.364. The second kappa shape index (κ2) is 6.69. The van der Waals surface area contributed by atoms with E-state index in [1.165, 1.54) is 5.75 Å². The van der Waals surface area contributed by atoms with Gasteiger partial charge in [0.1, 0.15) is 4.99 Å². The molecule has 0 fully saturated rings. The molecule has 82 valence electrons. The molecule has 0 spiro atoms. The van der Waals surface area contributed by atoms with E-state index in [0.29, 0.717) is 4.99 Å². The molecule has 0 saturated carbocycles. The van der Waals surface area contributed by atoms with Crippen molar-refractivity contribution in [1.29, 1.82) is 0 Å². The zero-order valence-electron chi connectivity index (χ0n) is 8.82. The van der Waals surface area contributed by atoms with E-state index in [2.05, 4.69) is 11.6 Å². The number of hydrogen-bond donors (Lipinski definition) is 2. The first-order valence-corrected chi connectivity index (χ1v) is 6.67. The monoisotopic (exact) mass is 240 g/mol. The molecule has 15 heavy (non-hydrogen) atoms. The predicted octanol–water partition coefficient (Wildman–Crippen LogP) is 2.49. The first-order chi connectivity index (χ1) is 7.25. The lowest BCUT2D eigenvalue weighted by Crippen LogP contribution is -2.13. The number of thiocarbonyl (C=S) groups is 1. The number of nitrogens with one attached hydrogen (secondary N) is 1. The van der Waals surface area contributed by atoms with Crippen LogP contribution >= 0.6 is 24.0 Å². The minimum Gasteiger partial charge on any atom is -0.389 e. The van der Waals surface area contributed by atoms with Gasteiger partial charge in [0.2, 0.25) is 0 Å². The van der Waals surface area contributed by atoms with Gasteiger partial charge in [-0.15, -0.1) is 0 Å². The van der Waals surface area contributed by atoms with Gasteiger partial charge in [0.05, 0.1) is 0 Å². The largest absolute Gasteiger partial charge is 0.389 e. The van der Waals surface area contributed by atoms with Gasteiger partial charge in [-0.05, 0) is 30.6 Å². The number of para-hydroxylation sites is 1. The minimum atomic E-state index is 0.447. The highest BCUT2D eigenvalue weighted by Crippen LogP contribution is 2.14. The Hall–Kier alpha value is -0.740. The quantitative estimate of drug-likeness (QED) is 0.592. The normalized spacial score (nSPS) is 9.93. The maximum atomic E-state index is 5.63. The van der Waals surface area contributed by atoms with E-state index in [4.69, 9.17) is 18.0 Å². The predicted molar refractivity (Wildman–Crippen MR) is 73.8 cm³/mol. The highest BCUT2D eigenvalue weighted by molar-refractivity contribution is 7.98. The first-order valence-electron chi connectivity index (χ1n) is 4.87. The van der Waals surface area contributed by atoms with E-state index in [1.807, 2.05) is 36.0 Å². The molecule has 1 aromatic carbocycles. The van der Waals surface area contributed by atoms with Gasteiger partial charge in [-0.25, -0.2) is 0 Å². The van der Waals surface area contributed by atoms with E-state index in [1.54, 1.807) is 0 Å². The van der Waals surface area contributed by atoms with Crippen molar-refractivity contribution >= 4 is 34.7 Å². The molecule has 0 amide bonds. The van der Waals surface area contributed by atoms with Crippen LogP contribution in [0.1, 0.15) is 12.0 Å². The number of benzene rings is 1. The Morgan fingerprint density at radius 2 is 2.20 bits per heavy atom. The maximum Gasteiger partial charge on any atom is 0.106 e. The zero-order chi connectivity index (χ0) is 11.1. The molecule has 0 heterocycles. The van der Waals surface area contributed by atoms with Crippen LogP contribution in [0, 0.1) is 0 Å². The van der Waals surface area contributed by atoms with Gasteiger partial charge in [-0.3, -0.25) is 0 Å². The third kappa shape index (κ3) is 4.10. The van der Waals surface area contributed by atoms with Gasteiger partial charge in [0.25, 0.3) is 0 Å². The summed E-state index contributed by atoms with van der Waals surface area (Å²) in [5.74, 6) is 1.17. The Bertz CT molecular complexity index is 326. The van der Waals surface area contributed by atoms with Gasteiger partial charge in [0.15, 0.2) is 0 Å². The molecule has 0 aliphatic carbocycles. The van der Waals surface area contributed by atoms with Crippen molar-refractivity contribution in [3.8, 4) is 0 Å². The second-order valence-corrected chi connectivity index (χ2v) is 4.61. The molecule has 0 bridgehead atoms. The number of thioether (sulfide) groups is 1. The lowest BCUT2D eigenvalue weighted by atomic mass is 10.2. The Morgan fingerprint density at radius 3 is 2.87 bits per heavy atom. The minimum absolute atomic E-state index is 0.447. The van der Waals surface area contributed by atoms with Crippen molar-refractivity contribution in [2.24, 2.45) is 5.73 Å². The van der Waals surface area contributed by atoms with Gasteiger partial charge >= 0.3 is 0 Å². The topological polar surface area (TPSA) is 38.0 Å². The van der Waals surface area contributed by atoms with Crippen LogP contribution in [0.3, 0.4) is 0 Å². The van der Waals surface area contributed by atoms with Crippen LogP contribution in [0.2, 0.25) is 0 Å². The van der Waals surface area contributed by atoms with Crippen LogP contribution in [-0.4, -0.2) is 23.5 Å². The van der Waals surface area contributed by atoms with Gasteiger partial charge in [-0.2, -0.15) is 11.8 Å². The van der Waals surface area contributed by atoms with E-state index in [-0.39, 0.29) is 0 Å². The molecule has 0 atom stereocenters. The molecule has 0 unspecified atom stereocenters. The van der Waals surface area contributed by atoms with E-state index in [9.17, 15) is 0 Å². The fourth-order valence-corrected chi connectivity index (χ4v) is 1.90. The van der Waals surface area contributed by atoms with Gasteiger partial charge < -0.3 is 11.1 Å². The summed E-state index contributed by atoms with van der Waals surface area (Å²) < 4.78 is 0. The van der Waals surface area contributed by atoms with Gasteiger partial charge in [0, 0.05) is 17.8 Å². The summed E-state index contributed by atoms with van der Waals surface area (Å²) in [6, 6.07) is 7.88. The Balaban J connectivity index is 2.56. The summed E-state index contributed by atoms with van der Waals surface area (Å²) in [4.78, 5) is 0.447. The molecule has 0 saturated heterocycles. The number of rotatable bonds is 6.